The maximum absolute atomic E-state index is 15.0. The lowest BCUT2D eigenvalue weighted by molar-refractivity contribution is -0.0330. The van der Waals surface area contributed by atoms with Gasteiger partial charge in [0.25, 0.3) is 0 Å². The van der Waals surface area contributed by atoms with Gasteiger partial charge in [0.05, 0.1) is 29.8 Å². The molecule has 2 aromatic carbocycles. The molecule has 12 rings (SSSR count). The van der Waals surface area contributed by atoms with E-state index in [-0.39, 0.29) is 29.0 Å². The Labute approximate surface area is 464 Å². The molecule has 0 atom stereocenters. The molecule has 8 aromatic rings. The molecule has 4 fully saturated rings. The van der Waals surface area contributed by atoms with Gasteiger partial charge in [0.1, 0.15) is 46.0 Å². The normalized spacial score (nSPS) is 17.5. The number of fused-ring (bicyclic) bond motifs is 2. The van der Waals surface area contributed by atoms with Crippen molar-refractivity contribution in [3.63, 3.8) is 0 Å². The van der Waals surface area contributed by atoms with Gasteiger partial charge in [-0.1, -0.05) is 0 Å². The van der Waals surface area contributed by atoms with Gasteiger partial charge in [-0.3, -0.25) is 14.8 Å². The number of likely N-dealkylation sites (tertiary alicyclic amines) is 4. The third-order valence-corrected chi connectivity index (χ3v) is 16.3. The maximum atomic E-state index is 15.0. The van der Waals surface area contributed by atoms with Gasteiger partial charge in [-0.15, -0.1) is 0 Å². The van der Waals surface area contributed by atoms with Gasteiger partial charge in [0, 0.05) is 104 Å². The molecule has 4 aliphatic rings. The molecule has 2 N–H and O–H groups in total. The van der Waals surface area contributed by atoms with Gasteiger partial charge < -0.3 is 24.7 Å². The Kier molecular flexibility index (Phi) is 16.2. The van der Waals surface area contributed by atoms with Gasteiger partial charge in [0.2, 0.25) is 5.28 Å². The fourth-order valence-corrected chi connectivity index (χ4v) is 12.6. The molecule has 0 aliphatic carbocycles. The van der Waals surface area contributed by atoms with E-state index in [0.717, 1.165) is 55.2 Å². The Morgan fingerprint density at radius 1 is 0.544 bits per heavy atom. The predicted octanol–water partition coefficient (Wildman–Crippen LogP) is 10.7. The second kappa shape index (κ2) is 22.9. The number of hydrogen-bond donors (Lipinski definition) is 1. The van der Waals surface area contributed by atoms with E-state index < -0.39 is 23.3 Å². The Hall–Kier alpha value is -6.51. The molecule has 15 nitrogen and oxygen atoms in total. The van der Waals surface area contributed by atoms with E-state index >= 15 is 4.39 Å². The molecular weight excluding hydrogens is 1030 g/mol. The van der Waals surface area contributed by atoms with E-state index in [1.807, 2.05) is 75.5 Å². The van der Waals surface area contributed by atoms with Crippen molar-refractivity contribution in [1.82, 2.24) is 68.6 Å². The summed E-state index contributed by atoms with van der Waals surface area (Å²) in [6.07, 6.45) is 15.2. The zero-order valence-electron chi connectivity index (χ0n) is 46.4. The molecule has 79 heavy (non-hydrogen) atoms. The molecule has 10 heterocycles. The number of aryl methyl sites for hydroxylation is 2. The summed E-state index contributed by atoms with van der Waals surface area (Å²) in [5.74, 6) is 0.256. The van der Waals surface area contributed by atoms with Crippen molar-refractivity contribution in [2.45, 2.75) is 98.8 Å². The molecule has 0 bridgehead atoms. The van der Waals surface area contributed by atoms with Gasteiger partial charge >= 0.3 is 0 Å². The Bertz CT molecular complexity index is 3440. The number of imidazole rings is 2. The van der Waals surface area contributed by atoms with E-state index in [1.165, 1.54) is 89.3 Å². The van der Waals surface area contributed by atoms with Crippen LogP contribution in [0.15, 0.2) is 73.6 Å². The minimum absolute atomic E-state index is 0.0962. The Morgan fingerprint density at radius 2 is 0.962 bits per heavy atom. The standard InChI is InChI=1S/C30H35F2N7.C16H16F2N4.C13H19ClN4/c1-19(2)39-20(3)36-29-25(31)9-22(10-27(29)39)24-11-23(33-15-26(24)32)12-28-34-13-21(14-35-28)16-38-7-5-30(6-8-38)17-37(4)18-30;1-8(2)22-9(3)21-16-12(17)4-10(5-14(16)22)11-6-15(19)20-7-13(11)18;1-17-9-13(10-17)2-4-18(5-3-13)8-11-6-15-12(14)16-7-11/h9-11,13-15,19H,5-8,12,16-18H2,1-4H3;4-8H,1-3H3,(H2,19,20);6-7H,2-5,8-10H2,1H3. The molecule has 0 amide bonds. The highest BCUT2D eigenvalue weighted by molar-refractivity contribution is 6.28. The highest BCUT2D eigenvalue weighted by Crippen LogP contribution is 2.41. The molecule has 0 saturated carbocycles. The summed E-state index contributed by atoms with van der Waals surface area (Å²) >= 11 is 5.69. The summed E-state index contributed by atoms with van der Waals surface area (Å²) < 4.78 is 62.2. The van der Waals surface area contributed by atoms with Crippen LogP contribution in [0.2, 0.25) is 5.28 Å². The van der Waals surface area contributed by atoms with Crippen molar-refractivity contribution in [2.24, 2.45) is 10.8 Å². The SMILES string of the molecule is CN1CC2(CCN(Cc3cnc(Cl)nc3)CC2)C1.Cc1nc2c(F)cc(-c3cc(Cc4ncc(CN5CCC6(CC5)CN(C)C6)cn4)ncc3F)cc2n1C(C)C.Cc1nc2c(F)cc(-c3cc(N)ncc3F)cc2n1C(C)C. The zero-order valence-corrected chi connectivity index (χ0v) is 47.2. The van der Waals surface area contributed by atoms with E-state index in [0.29, 0.717) is 67.3 Å². The predicted molar refractivity (Wildman–Crippen MR) is 301 cm³/mol. The van der Waals surface area contributed by atoms with Crippen LogP contribution >= 0.6 is 11.6 Å². The average molecular weight is 1100 g/mol. The van der Waals surface area contributed by atoms with Crippen LogP contribution in [0.3, 0.4) is 0 Å². The van der Waals surface area contributed by atoms with Crippen molar-refractivity contribution in [3.05, 3.63) is 136 Å². The maximum Gasteiger partial charge on any atom is 0.222 e. The Morgan fingerprint density at radius 3 is 1.39 bits per heavy atom. The van der Waals surface area contributed by atoms with Crippen molar-refractivity contribution in [3.8, 4) is 22.3 Å². The summed E-state index contributed by atoms with van der Waals surface area (Å²) in [6, 6.07) is 9.44. The largest absolute Gasteiger partial charge is 0.384 e. The summed E-state index contributed by atoms with van der Waals surface area (Å²) in [7, 11) is 4.41. The van der Waals surface area contributed by atoms with Crippen LogP contribution in [0, 0.1) is 47.9 Å². The van der Waals surface area contributed by atoms with Crippen LogP contribution in [-0.2, 0) is 19.5 Å². The van der Waals surface area contributed by atoms with Crippen molar-refractivity contribution < 1.29 is 17.6 Å². The highest BCUT2D eigenvalue weighted by Gasteiger charge is 2.44. The minimum atomic E-state index is -0.541. The lowest BCUT2D eigenvalue weighted by Crippen LogP contribution is -2.58. The number of hydrogen-bond acceptors (Lipinski definition) is 13. The fourth-order valence-electron chi connectivity index (χ4n) is 12.5. The van der Waals surface area contributed by atoms with Gasteiger partial charge in [-0.05, 0) is 177 Å². The van der Waals surface area contributed by atoms with Crippen LogP contribution in [0.4, 0.5) is 23.4 Å². The first-order valence-corrected chi connectivity index (χ1v) is 27.6. The van der Waals surface area contributed by atoms with Gasteiger partial charge in [0.15, 0.2) is 11.6 Å². The lowest BCUT2D eigenvalue weighted by atomic mass is 9.72. The molecule has 4 aliphatic heterocycles. The number of nitrogen functional groups attached to an aromatic ring is 1. The minimum Gasteiger partial charge on any atom is -0.384 e. The lowest BCUT2D eigenvalue weighted by Gasteiger charge is -2.53. The number of nitrogens with zero attached hydrogens (tertiary/aromatic N) is 14. The number of pyridine rings is 2. The molecule has 6 aromatic heterocycles. The number of aromatic nitrogens is 10. The van der Waals surface area contributed by atoms with E-state index in [9.17, 15) is 13.2 Å². The number of piperidine rings is 2. The smallest absolute Gasteiger partial charge is 0.222 e. The first-order chi connectivity index (χ1) is 37.7. The van der Waals surface area contributed by atoms with Crippen LogP contribution in [-0.4, -0.2) is 135 Å². The highest BCUT2D eigenvalue weighted by atomic mass is 35.5. The fraction of sp³-hybridized carbons (Fsp3) is 0.458. The molecule has 416 valence electrons. The number of benzene rings is 2. The van der Waals surface area contributed by atoms with Crippen LogP contribution in [0.25, 0.3) is 44.3 Å². The molecule has 0 radical (unpaired) electrons. The van der Waals surface area contributed by atoms with Crippen molar-refractivity contribution >= 4 is 39.5 Å². The first kappa shape index (κ1) is 55.8. The van der Waals surface area contributed by atoms with Crippen LogP contribution < -0.4 is 5.73 Å². The average Bonchev–Trinajstić information content (AvgIpc) is 4.14. The molecular formula is C59H70ClF4N15. The monoisotopic (exact) mass is 1100 g/mol. The van der Waals surface area contributed by atoms with E-state index in [4.69, 9.17) is 17.3 Å². The quantitative estimate of drug-likeness (QED) is 0.102. The summed E-state index contributed by atoms with van der Waals surface area (Å²) in [6.45, 7) is 23.1. The number of halogens is 5. The topological polar surface area (TPSA) is 152 Å². The summed E-state index contributed by atoms with van der Waals surface area (Å²) in [5, 5.41) is 0.328. The zero-order chi connectivity index (χ0) is 55.9. The number of nitrogens with two attached hydrogens (primary N) is 1. The van der Waals surface area contributed by atoms with E-state index in [1.54, 1.807) is 18.2 Å². The summed E-state index contributed by atoms with van der Waals surface area (Å²) in [5.41, 5.74) is 12.9. The summed E-state index contributed by atoms with van der Waals surface area (Å²) in [4.78, 5) is 43.6. The second-order valence-corrected chi connectivity index (χ2v) is 23.4. The molecule has 4 saturated heterocycles. The Balaban J connectivity index is 0.000000148. The number of anilines is 1. The van der Waals surface area contributed by atoms with Gasteiger partial charge in [-0.25, -0.2) is 52.4 Å². The third-order valence-electron chi connectivity index (χ3n) is 16.1. The van der Waals surface area contributed by atoms with Crippen LogP contribution in [0.1, 0.15) is 99.8 Å². The first-order valence-electron chi connectivity index (χ1n) is 27.2. The molecule has 20 heteroatoms. The molecule has 0 unspecified atom stereocenters. The van der Waals surface area contributed by atoms with Gasteiger partial charge in [-0.2, -0.15) is 0 Å². The molecule has 2 spiro atoms. The second-order valence-electron chi connectivity index (χ2n) is 23.1. The van der Waals surface area contributed by atoms with E-state index in [2.05, 4.69) is 73.6 Å². The number of rotatable bonds is 10. The third kappa shape index (κ3) is 12.3. The van der Waals surface area contributed by atoms with Crippen molar-refractivity contribution in [2.75, 3.05) is 72.2 Å². The van der Waals surface area contributed by atoms with Crippen molar-refractivity contribution in [1.29, 1.82) is 0 Å². The van der Waals surface area contributed by atoms with Crippen LogP contribution in [0.5, 0.6) is 0 Å².